The van der Waals surface area contributed by atoms with Crippen LogP contribution in [0.5, 0.6) is 5.75 Å². The normalized spacial score (nSPS) is 15.2. The number of rotatable bonds is 3. The van der Waals surface area contributed by atoms with Crippen LogP contribution in [0.15, 0.2) is 83.5 Å². The minimum absolute atomic E-state index is 0.0172. The van der Waals surface area contributed by atoms with Crippen molar-refractivity contribution in [1.29, 1.82) is 0 Å². The highest BCUT2D eigenvalue weighted by atomic mass is 19.1. The predicted molar refractivity (Wildman–Crippen MR) is 103 cm³/mol. The molecule has 138 valence electrons. The van der Waals surface area contributed by atoms with Gasteiger partial charge in [0.25, 0.3) is 5.91 Å². The molecule has 1 aliphatic heterocycles. The number of aliphatic imine (C=N–C) groups is 1. The summed E-state index contributed by atoms with van der Waals surface area (Å²) < 4.78 is 28.4. The first-order valence-corrected chi connectivity index (χ1v) is 8.48. The van der Waals surface area contributed by atoms with Crippen LogP contribution >= 0.6 is 0 Å². The zero-order valence-corrected chi connectivity index (χ0v) is 14.5. The molecule has 0 spiro atoms. The Bertz CT molecular complexity index is 1120. The van der Waals surface area contributed by atoms with E-state index in [0.717, 1.165) is 0 Å². The standard InChI is InChI=1S/C22H14F2N2O2/c23-18-7-3-1-5-14(18)13-20-22(28)26(15-9-11-16(27)12-10-15)21(25-20)17-6-2-4-8-19(17)24/h1-13,27H. The van der Waals surface area contributed by atoms with Gasteiger partial charge < -0.3 is 5.11 Å². The highest BCUT2D eigenvalue weighted by Crippen LogP contribution is 2.30. The largest absolute Gasteiger partial charge is 0.508 e. The number of hydrogen-bond donors (Lipinski definition) is 1. The van der Waals surface area contributed by atoms with E-state index >= 15 is 0 Å². The summed E-state index contributed by atoms with van der Waals surface area (Å²) in [5.41, 5.74) is 0.731. The molecule has 0 saturated heterocycles. The molecule has 0 bridgehead atoms. The lowest BCUT2D eigenvalue weighted by Crippen LogP contribution is -2.33. The Morgan fingerprint density at radius 2 is 1.50 bits per heavy atom. The van der Waals surface area contributed by atoms with Crippen molar-refractivity contribution in [1.82, 2.24) is 0 Å². The molecule has 0 atom stereocenters. The van der Waals surface area contributed by atoms with E-state index < -0.39 is 17.5 Å². The molecular formula is C22H14F2N2O2. The van der Waals surface area contributed by atoms with Crippen LogP contribution in [0, 0.1) is 11.6 Å². The fraction of sp³-hybridized carbons (Fsp3) is 0. The van der Waals surface area contributed by atoms with E-state index in [1.165, 1.54) is 65.6 Å². The minimum Gasteiger partial charge on any atom is -0.508 e. The average Bonchev–Trinajstić information content (AvgIpc) is 3.01. The number of phenols is 1. The Balaban J connectivity index is 1.87. The Morgan fingerprint density at radius 3 is 2.18 bits per heavy atom. The van der Waals surface area contributed by atoms with Crippen LogP contribution in [-0.4, -0.2) is 16.8 Å². The second-order valence-electron chi connectivity index (χ2n) is 6.12. The van der Waals surface area contributed by atoms with Crippen molar-refractivity contribution in [3.63, 3.8) is 0 Å². The third-order valence-corrected chi connectivity index (χ3v) is 4.28. The molecule has 1 amide bonds. The molecule has 0 fully saturated rings. The smallest absolute Gasteiger partial charge is 0.282 e. The Morgan fingerprint density at radius 1 is 0.857 bits per heavy atom. The van der Waals surface area contributed by atoms with Gasteiger partial charge in [0.15, 0.2) is 5.84 Å². The van der Waals surface area contributed by atoms with Gasteiger partial charge in [-0.05, 0) is 48.5 Å². The van der Waals surface area contributed by atoms with Gasteiger partial charge in [0.05, 0.1) is 11.3 Å². The number of nitrogens with zero attached hydrogens (tertiary/aromatic N) is 2. The number of halogens is 2. The lowest BCUT2D eigenvalue weighted by Gasteiger charge is -2.18. The molecule has 0 saturated carbocycles. The van der Waals surface area contributed by atoms with Gasteiger partial charge >= 0.3 is 0 Å². The first-order chi connectivity index (χ1) is 13.5. The van der Waals surface area contributed by atoms with Gasteiger partial charge in [-0.25, -0.2) is 13.8 Å². The van der Waals surface area contributed by atoms with Crippen molar-refractivity contribution in [2.45, 2.75) is 0 Å². The molecule has 4 rings (SSSR count). The maximum Gasteiger partial charge on any atom is 0.282 e. The highest BCUT2D eigenvalue weighted by molar-refractivity contribution is 6.33. The second kappa shape index (κ2) is 7.08. The maximum atomic E-state index is 14.4. The van der Waals surface area contributed by atoms with E-state index in [2.05, 4.69) is 4.99 Å². The zero-order valence-electron chi connectivity index (χ0n) is 14.5. The summed E-state index contributed by atoms with van der Waals surface area (Å²) in [6, 6.07) is 17.8. The molecule has 3 aromatic rings. The van der Waals surface area contributed by atoms with Crippen molar-refractivity contribution >= 4 is 23.5 Å². The van der Waals surface area contributed by atoms with Gasteiger partial charge in [0, 0.05) is 5.56 Å². The van der Waals surface area contributed by atoms with Crippen molar-refractivity contribution in [2.24, 2.45) is 4.99 Å². The first-order valence-electron chi connectivity index (χ1n) is 8.48. The van der Waals surface area contributed by atoms with Crippen molar-refractivity contribution in [3.8, 4) is 5.75 Å². The van der Waals surface area contributed by atoms with Crippen LogP contribution in [-0.2, 0) is 4.79 Å². The van der Waals surface area contributed by atoms with Crippen LogP contribution in [0.2, 0.25) is 0 Å². The number of amides is 1. The maximum absolute atomic E-state index is 14.4. The molecule has 1 heterocycles. The molecule has 4 nitrogen and oxygen atoms in total. The van der Waals surface area contributed by atoms with Crippen molar-refractivity contribution in [2.75, 3.05) is 4.90 Å². The Kier molecular flexibility index (Phi) is 4.45. The summed E-state index contributed by atoms with van der Waals surface area (Å²) >= 11 is 0. The summed E-state index contributed by atoms with van der Waals surface area (Å²) in [5.74, 6) is -1.43. The third kappa shape index (κ3) is 3.16. The number of benzene rings is 3. The quantitative estimate of drug-likeness (QED) is 0.684. The lowest BCUT2D eigenvalue weighted by molar-refractivity contribution is -0.113. The summed E-state index contributed by atoms with van der Waals surface area (Å²) in [5, 5.41) is 9.52. The van der Waals surface area contributed by atoms with E-state index in [-0.39, 0.29) is 28.4 Å². The summed E-state index contributed by atoms with van der Waals surface area (Å²) in [7, 11) is 0. The van der Waals surface area contributed by atoms with Gasteiger partial charge in [0.1, 0.15) is 23.1 Å². The van der Waals surface area contributed by atoms with Crippen molar-refractivity contribution in [3.05, 3.63) is 101 Å². The number of anilines is 1. The van der Waals surface area contributed by atoms with Crippen LogP contribution in [0.25, 0.3) is 6.08 Å². The number of carbonyl (C=O) groups excluding carboxylic acids is 1. The van der Waals surface area contributed by atoms with E-state index in [1.54, 1.807) is 18.2 Å². The number of hydrogen-bond acceptors (Lipinski definition) is 3. The van der Waals surface area contributed by atoms with Gasteiger partial charge in [-0.15, -0.1) is 0 Å². The van der Waals surface area contributed by atoms with E-state index in [9.17, 15) is 18.7 Å². The highest BCUT2D eigenvalue weighted by Gasteiger charge is 2.33. The number of phenolic OH excluding ortho intramolecular Hbond substituents is 1. The number of amidine groups is 1. The fourth-order valence-corrected chi connectivity index (χ4v) is 2.92. The lowest BCUT2D eigenvalue weighted by atomic mass is 10.1. The molecular weight excluding hydrogens is 362 g/mol. The zero-order chi connectivity index (χ0) is 19.7. The van der Waals surface area contributed by atoms with Crippen molar-refractivity contribution < 1.29 is 18.7 Å². The summed E-state index contributed by atoms with van der Waals surface area (Å²) in [6.45, 7) is 0. The number of aromatic hydroxyl groups is 1. The average molecular weight is 376 g/mol. The van der Waals surface area contributed by atoms with E-state index in [0.29, 0.717) is 5.69 Å². The molecule has 0 radical (unpaired) electrons. The molecule has 1 aliphatic rings. The number of carbonyl (C=O) groups is 1. The third-order valence-electron chi connectivity index (χ3n) is 4.28. The van der Waals surface area contributed by atoms with Crippen LogP contribution in [0.3, 0.4) is 0 Å². The monoisotopic (exact) mass is 376 g/mol. The molecule has 0 aromatic heterocycles. The Labute approximate surface area is 159 Å². The van der Waals surface area contributed by atoms with Crippen LogP contribution < -0.4 is 4.90 Å². The summed E-state index contributed by atoms with van der Waals surface area (Å²) in [4.78, 5) is 18.6. The van der Waals surface area contributed by atoms with E-state index in [1.807, 2.05) is 0 Å². The van der Waals surface area contributed by atoms with Crippen LogP contribution in [0.4, 0.5) is 14.5 Å². The predicted octanol–water partition coefficient (Wildman–Crippen LogP) is 4.50. The van der Waals surface area contributed by atoms with Gasteiger partial charge in [-0.2, -0.15) is 0 Å². The SMILES string of the molecule is O=C1C(=Cc2ccccc2F)N=C(c2ccccc2F)N1c1ccc(O)cc1. The minimum atomic E-state index is -0.537. The van der Waals surface area contributed by atoms with Gasteiger partial charge in [0.2, 0.25) is 0 Å². The fourth-order valence-electron chi connectivity index (χ4n) is 2.92. The van der Waals surface area contributed by atoms with E-state index in [4.69, 9.17) is 0 Å². The molecule has 1 N–H and O–H groups in total. The van der Waals surface area contributed by atoms with Gasteiger partial charge in [-0.1, -0.05) is 30.3 Å². The first kappa shape index (κ1) is 17.6. The molecule has 3 aromatic carbocycles. The molecule has 6 heteroatoms. The molecule has 28 heavy (non-hydrogen) atoms. The second-order valence-corrected chi connectivity index (χ2v) is 6.12. The Hall–Kier alpha value is -3.80. The van der Waals surface area contributed by atoms with Gasteiger partial charge in [-0.3, -0.25) is 9.69 Å². The summed E-state index contributed by atoms with van der Waals surface area (Å²) in [6.07, 6.45) is 1.33. The topological polar surface area (TPSA) is 52.9 Å². The van der Waals surface area contributed by atoms with Crippen LogP contribution in [0.1, 0.15) is 11.1 Å². The molecule has 0 unspecified atom stereocenters. The molecule has 0 aliphatic carbocycles.